The molecule has 0 spiro atoms. The predicted octanol–water partition coefficient (Wildman–Crippen LogP) is 1.96. The van der Waals surface area contributed by atoms with Crippen LogP contribution in [0.15, 0.2) is 12.1 Å². The third-order valence-corrected chi connectivity index (χ3v) is 3.91. The largest absolute Gasteiger partial charge is 0.471 e. The molecule has 9 heteroatoms. The molecule has 2 rings (SSSR count). The van der Waals surface area contributed by atoms with Gasteiger partial charge < -0.3 is 14.8 Å². The molecular weight excluding hydrogens is 355 g/mol. The van der Waals surface area contributed by atoms with Crippen molar-refractivity contribution in [1.82, 2.24) is 5.32 Å². The molecule has 0 fully saturated rings. The molecule has 0 saturated heterocycles. The van der Waals surface area contributed by atoms with Gasteiger partial charge in [0.1, 0.15) is 13.2 Å². The average molecular weight is 373 g/mol. The minimum atomic E-state index is -4.93. The Morgan fingerprint density at radius 1 is 1.00 bits per heavy atom. The lowest BCUT2D eigenvalue weighted by Crippen LogP contribution is -2.43. The van der Waals surface area contributed by atoms with Gasteiger partial charge >= 0.3 is 24.0 Å². The van der Waals surface area contributed by atoms with Crippen LogP contribution in [0.5, 0.6) is 0 Å². The van der Waals surface area contributed by atoms with E-state index < -0.39 is 30.1 Å². The van der Waals surface area contributed by atoms with Gasteiger partial charge in [-0.1, -0.05) is 12.1 Å². The van der Waals surface area contributed by atoms with Crippen LogP contribution in [-0.2, 0) is 49.9 Å². The first-order valence-electron chi connectivity index (χ1n) is 7.84. The fourth-order valence-electron chi connectivity index (χ4n) is 2.77. The number of fused-ring (bicyclic) bond motifs is 1. The van der Waals surface area contributed by atoms with Gasteiger partial charge in [0.2, 0.25) is 0 Å². The lowest BCUT2D eigenvalue weighted by atomic mass is 10.0. The van der Waals surface area contributed by atoms with Crippen molar-refractivity contribution in [3.05, 3.63) is 34.4 Å². The summed E-state index contributed by atoms with van der Waals surface area (Å²) in [6, 6.07) is 2.73. The number of carbonyl (C=O) groups is 3. The Balaban J connectivity index is 2.18. The summed E-state index contributed by atoms with van der Waals surface area (Å²) >= 11 is 0. The van der Waals surface area contributed by atoms with Crippen molar-refractivity contribution in [2.45, 2.75) is 52.1 Å². The van der Waals surface area contributed by atoms with Crippen molar-refractivity contribution in [2.24, 2.45) is 0 Å². The van der Waals surface area contributed by atoms with E-state index in [0.717, 1.165) is 11.1 Å². The molecule has 0 aliphatic heterocycles. The molecule has 1 N–H and O–H groups in total. The van der Waals surface area contributed by atoms with Crippen LogP contribution in [0.1, 0.15) is 36.1 Å². The highest BCUT2D eigenvalue weighted by Gasteiger charge is 2.40. The van der Waals surface area contributed by atoms with Crippen molar-refractivity contribution in [2.75, 3.05) is 0 Å². The van der Waals surface area contributed by atoms with Gasteiger partial charge in [-0.3, -0.25) is 14.4 Å². The Hall–Kier alpha value is -2.58. The van der Waals surface area contributed by atoms with Crippen LogP contribution < -0.4 is 5.32 Å². The number of esters is 2. The predicted molar refractivity (Wildman–Crippen MR) is 82.8 cm³/mol. The number of amides is 1. The monoisotopic (exact) mass is 373 g/mol. The topological polar surface area (TPSA) is 81.7 Å². The van der Waals surface area contributed by atoms with E-state index in [1.165, 1.54) is 13.8 Å². The van der Waals surface area contributed by atoms with Crippen LogP contribution in [0.4, 0.5) is 13.2 Å². The summed E-state index contributed by atoms with van der Waals surface area (Å²) in [7, 11) is 0. The first kappa shape index (κ1) is 19.7. The van der Waals surface area contributed by atoms with E-state index in [-0.39, 0.29) is 26.1 Å². The number of alkyl halides is 3. The standard InChI is InChI=1S/C17H18F3NO5/c1-9(22)25-7-13-3-11-5-15(21-16(24)17(18,19)20)6-12(11)4-14(13)8-26-10(2)23/h3-4,15H,5-8H2,1-2H3,(H,21,24). The van der Waals surface area contributed by atoms with E-state index in [2.05, 4.69) is 0 Å². The molecule has 0 saturated carbocycles. The summed E-state index contributed by atoms with van der Waals surface area (Å²) in [6.45, 7) is 2.42. The number of halogens is 3. The Bertz CT molecular complexity index is 683. The Morgan fingerprint density at radius 3 is 1.77 bits per heavy atom. The highest BCUT2D eigenvalue weighted by molar-refractivity contribution is 5.82. The number of benzene rings is 1. The molecule has 1 aromatic rings. The molecule has 0 atom stereocenters. The van der Waals surface area contributed by atoms with Crippen LogP contribution in [0.3, 0.4) is 0 Å². The van der Waals surface area contributed by atoms with Crippen LogP contribution in [0.25, 0.3) is 0 Å². The highest BCUT2D eigenvalue weighted by Crippen LogP contribution is 2.28. The third-order valence-electron chi connectivity index (χ3n) is 3.91. The van der Waals surface area contributed by atoms with Gasteiger partial charge in [0.05, 0.1) is 0 Å². The molecule has 0 aromatic heterocycles. The zero-order chi connectivity index (χ0) is 19.5. The maximum atomic E-state index is 12.4. The fraction of sp³-hybridized carbons (Fsp3) is 0.471. The molecule has 1 aliphatic carbocycles. The molecule has 1 aromatic carbocycles. The van der Waals surface area contributed by atoms with Crippen LogP contribution in [0, 0.1) is 0 Å². The molecule has 0 unspecified atom stereocenters. The second kappa shape index (κ2) is 7.76. The van der Waals surface area contributed by atoms with Crippen molar-refractivity contribution >= 4 is 17.8 Å². The van der Waals surface area contributed by atoms with Gasteiger partial charge in [-0.15, -0.1) is 0 Å². The van der Waals surface area contributed by atoms with Gasteiger partial charge in [0.25, 0.3) is 0 Å². The van der Waals surface area contributed by atoms with E-state index in [0.29, 0.717) is 11.1 Å². The number of nitrogens with one attached hydrogen (secondary N) is 1. The first-order valence-corrected chi connectivity index (χ1v) is 7.84. The lowest BCUT2D eigenvalue weighted by Gasteiger charge is -2.13. The summed E-state index contributed by atoms with van der Waals surface area (Å²) in [4.78, 5) is 33.2. The maximum absolute atomic E-state index is 12.4. The van der Waals surface area contributed by atoms with Crippen LogP contribution in [0.2, 0.25) is 0 Å². The van der Waals surface area contributed by atoms with Crippen LogP contribution >= 0.6 is 0 Å². The molecule has 142 valence electrons. The van der Waals surface area contributed by atoms with Crippen molar-refractivity contribution in [1.29, 1.82) is 0 Å². The summed E-state index contributed by atoms with van der Waals surface area (Å²) in [5.41, 5.74) is 2.71. The van der Waals surface area contributed by atoms with E-state index in [4.69, 9.17) is 9.47 Å². The molecule has 26 heavy (non-hydrogen) atoms. The Morgan fingerprint density at radius 2 is 1.42 bits per heavy atom. The van der Waals surface area contributed by atoms with Crippen LogP contribution in [-0.4, -0.2) is 30.1 Å². The smallest absolute Gasteiger partial charge is 0.461 e. The average Bonchev–Trinajstić information content (AvgIpc) is 2.90. The summed E-state index contributed by atoms with van der Waals surface area (Å²) < 4.78 is 47.2. The van der Waals surface area contributed by atoms with Crippen molar-refractivity contribution in [3.63, 3.8) is 0 Å². The Labute approximate surface area is 147 Å². The molecule has 0 radical (unpaired) electrons. The maximum Gasteiger partial charge on any atom is 0.471 e. The normalized spacial score (nSPS) is 13.9. The quantitative estimate of drug-likeness (QED) is 0.798. The zero-order valence-corrected chi connectivity index (χ0v) is 14.2. The summed E-state index contributed by atoms with van der Waals surface area (Å²) in [6.07, 6.45) is -4.47. The van der Waals surface area contributed by atoms with Crippen molar-refractivity contribution in [3.8, 4) is 0 Å². The van der Waals surface area contributed by atoms with E-state index in [1.54, 1.807) is 12.1 Å². The van der Waals surface area contributed by atoms with Gasteiger partial charge in [-0.2, -0.15) is 13.2 Å². The second-order valence-corrected chi connectivity index (χ2v) is 6.03. The fourth-order valence-corrected chi connectivity index (χ4v) is 2.77. The second-order valence-electron chi connectivity index (χ2n) is 6.03. The number of ether oxygens (including phenoxy) is 2. The minimum Gasteiger partial charge on any atom is -0.461 e. The summed E-state index contributed by atoms with van der Waals surface area (Å²) in [5.74, 6) is -2.95. The van der Waals surface area contributed by atoms with Gasteiger partial charge in [0, 0.05) is 19.9 Å². The lowest BCUT2D eigenvalue weighted by molar-refractivity contribution is -0.174. The van der Waals surface area contributed by atoms with E-state index in [1.807, 2.05) is 5.32 Å². The molecule has 0 heterocycles. The van der Waals surface area contributed by atoms with Crippen molar-refractivity contribution < 1.29 is 37.0 Å². The molecule has 1 amide bonds. The number of hydrogen-bond donors (Lipinski definition) is 1. The SMILES string of the molecule is CC(=O)OCc1cc2c(cc1COC(C)=O)CC(NC(=O)C(F)(F)F)C2. The van der Waals surface area contributed by atoms with E-state index in [9.17, 15) is 27.6 Å². The Kier molecular flexibility index (Phi) is 5.89. The summed E-state index contributed by atoms with van der Waals surface area (Å²) in [5, 5.41) is 1.97. The first-order chi connectivity index (χ1) is 12.1. The molecule has 0 bridgehead atoms. The van der Waals surface area contributed by atoms with Gasteiger partial charge in [-0.05, 0) is 35.1 Å². The minimum absolute atomic E-state index is 0.0429. The number of carbonyl (C=O) groups excluding carboxylic acids is 3. The highest BCUT2D eigenvalue weighted by atomic mass is 19.4. The molecule has 6 nitrogen and oxygen atoms in total. The third kappa shape index (κ3) is 5.21. The molecular formula is C17H18F3NO5. The van der Waals surface area contributed by atoms with Gasteiger partial charge in [-0.25, -0.2) is 0 Å². The van der Waals surface area contributed by atoms with E-state index >= 15 is 0 Å². The van der Waals surface area contributed by atoms with Gasteiger partial charge in [0.15, 0.2) is 0 Å². The number of rotatable bonds is 5. The molecule has 1 aliphatic rings. The zero-order valence-electron chi connectivity index (χ0n) is 14.2. The number of hydrogen-bond acceptors (Lipinski definition) is 5.